The first-order valence-electron chi connectivity index (χ1n) is 8.28. The highest BCUT2D eigenvalue weighted by atomic mass is 14.9. The smallest absolute Gasteiger partial charge is 0.00205 e. The molecule has 0 rings (SSSR count). The molecule has 0 spiro atoms. The maximum absolute atomic E-state index is 3.58. The Labute approximate surface area is 116 Å². The molecule has 0 aliphatic rings. The predicted molar refractivity (Wildman–Crippen MR) is 84.0 cm³/mol. The molecule has 0 aliphatic heterocycles. The molecule has 0 saturated carbocycles. The summed E-state index contributed by atoms with van der Waals surface area (Å²) in [7, 11) is 0. The minimum atomic E-state index is 0.770. The van der Waals surface area contributed by atoms with Crippen molar-refractivity contribution < 1.29 is 0 Å². The van der Waals surface area contributed by atoms with Gasteiger partial charge in [-0.1, -0.05) is 79.6 Å². The molecule has 110 valence electrons. The quantitative estimate of drug-likeness (QED) is 0.469. The summed E-state index contributed by atoms with van der Waals surface area (Å²) >= 11 is 0. The summed E-state index contributed by atoms with van der Waals surface area (Å²) in [5, 5.41) is 3.58. The van der Waals surface area contributed by atoms with Gasteiger partial charge in [0.05, 0.1) is 0 Å². The zero-order valence-corrected chi connectivity index (χ0v) is 13.6. The van der Waals surface area contributed by atoms with Crippen LogP contribution in [-0.2, 0) is 0 Å². The van der Waals surface area contributed by atoms with Crippen LogP contribution in [0.2, 0.25) is 0 Å². The van der Waals surface area contributed by atoms with Crippen LogP contribution >= 0.6 is 0 Å². The zero-order chi connectivity index (χ0) is 13.8. The van der Waals surface area contributed by atoms with Gasteiger partial charge in [-0.25, -0.2) is 0 Å². The number of unbranched alkanes of at least 4 members (excludes halogenated alkanes) is 5. The molecule has 0 aromatic heterocycles. The average Bonchev–Trinajstić information content (AvgIpc) is 2.32. The minimum Gasteiger partial charge on any atom is -0.316 e. The number of nitrogens with one attached hydrogen (secondary N) is 1. The van der Waals surface area contributed by atoms with Gasteiger partial charge in [-0.3, -0.25) is 0 Å². The van der Waals surface area contributed by atoms with Crippen molar-refractivity contribution in [3.05, 3.63) is 0 Å². The van der Waals surface area contributed by atoms with E-state index in [-0.39, 0.29) is 0 Å². The Morgan fingerprint density at radius 1 is 0.722 bits per heavy atom. The number of rotatable bonds is 12. The van der Waals surface area contributed by atoms with Gasteiger partial charge >= 0.3 is 0 Å². The average molecular weight is 255 g/mol. The second-order valence-corrected chi connectivity index (χ2v) is 6.56. The Morgan fingerprint density at radius 2 is 1.33 bits per heavy atom. The maximum atomic E-state index is 3.58. The van der Waals surface area contributed by atoms with E-state index >= 15 is 0 Å². The van der Waals surface area contributed by atoms with Crippen molar-refractivity contribution >= 4 is 0 Å². The summed E-state index contributed by atoms with van der Waals surface area (Å²) in [5.74, 6) is 2.46. The maximum Gasteiger partial charge on any atom is -0.00205 e. The van der Waals surface area contributed by atoms with Crippen LogP contribution in [0, 0.1) is 17.8 Å². The van der Waals surface area contributed by atoms with E-state index in [0.29, 0.717) is 0 Å². The summed E-state index contributed by atoms with van der Waals surface area (Å²) in [5.41, 5.74) is 0. The number of hydrogen-bond donors (Lipinski definition) is 1. The fraction of sp³-hybridized carbons (Fsp3) is 1.00. The van der Waals surface area contributed by atoms with Crippen LogP contribution in [0.4, 0.5) is 0 Å². The molecule has 0 bridgehead atoms. The molecule has 0 amide bonds. The van der Waals surface area contributed by atoms with Gasteiger partial charge in [0, 0.05) is 0 Å². The van der Waals surface area contributed by atoms with Crippen LogP contribution in [0.25, 0.3) is 0 Å². The van der Waals surface area contributed by atoms with Crippen LogP contribution in [0.15, 0.2) is 0 Å². The molecule has 1 nitrogen and oxygen atoms in total. The normalized spacial score (nSPS) is 15.0. The first-order chi connectivity index (χ1) is 8.57. The molecule has 0 aliphatic carbocycles. The lowest BCUT2D eigenvalue weighted by Gasteiger charge is -2.21. The first kappa shape index (κ1) is 18.0. The van der Waals surface area contributed by atoms with Gasteiger partial charge in [0.1, 0.15) is 0 Å². The molecule has 0 aromatic carbocycles. The third kappa shape index (κ3) is 11.1. The van der Waals surface area contributed by atoms with Gasteiger partial charge in [-0.2, -0.15) is 0 Å². The van der Waals surface area contributed by atoms with Gasteiger partial charge in [0.15, 0.2) is 0 Å². The Balaban J connectivity index is 3.41. The summed E-state index contributed by atoms with van der Waals surface area (Å²) < 4.78 is 0. The van der Waals surface area contributed by atoms with Crippen molar-refractivity contribution in [1.82, 2.24) is 5.32 Å². The molecular formula is C17H37N. The SMILES string of the molecule is CCCCCCCCC(C)C(C)CNCC(C)C. The van der Waals surface area contributed by atoms with Crippen molar-refractivity contribution in [2.75, 3.05) is 13.1 Å². The third-order valence-corrected chi connectivity index (χ3v) is 4.00. The molecule has 0 heterocycles. The van der Waals surface area contributed by atoms with E-state index in [2.05, 4.69) is 39.9 Å². The second-order valence-electron chi connectivity index (χ2n) is 6.56. The fourth-order valence-corrected chi connectivity index (χ4v) is 2.33. The largest absolute Gasteiger partial charge is 0.316 e. The van der Waals surface area contributed by atoms with Crippen LogP contribution in [0.3, 0.4) is 0 Å². The molecule has 0 aromatic rings. The first-order valence-corrected chi connectivity index (χ1v) is 8.28. The molecule has 0 radical (unpaired) electrons. The molecular weight excluding hydrogens is 218 g/mol. The molecule has 2 unspecified atom stereocenters. The summed E-state index contributed by atoms with van der Waals surface area (Å²) in [6.07, 6.45) is 9.95. The van der Waals surface area contributed by atoms with E-state index < -0.39 is 0 Å². The van der Waals surface area contributed by atoms with Crippen LogP contribution in [0.1, 0.15) is 79.6 Å². The lowest BCUT2D eigenvalue weighted by molar-refractivity contribution is 0.331. The van der Waals surface area contributed by atoms with Gasteiger partial charge < -0.3 is 5.32 Å². The van der Waals surface area contributed by atoms with E-state index in [1.165, 1.54) is 51.5 Å². The molecule has 1 N–H and O–H groups in total. The molecule has 2 atom stereocenters. The summed E-state index contributed by atoms with van der Waals surface area (Å²) in [6.45, 7) is 14.0. The zero-order valence-electron chi connectivity index (χ0n) is 13.6. The molecule has 0 fully saturated rings. The lowest BCUT2D eigenvalue weighted by atomic mass is 9.90. The Hall–Kier alpha value is -0.0400. The number of hydrogen-bond acceptors (Lipinski definition) is 1. The second kappa shape index (κ2) is 12.0. The van der Waals surface area contributed by atoms with E-state index in [1.807, 2.05) is 0 Å². The van der Waals surface area contributed by atoms with Crippen molar-refractivity contribution in [1.29, 1.82) is 0 Å². The van der Waals surface area contributed by atoms with Crippen molar-refractivity contribution in [3.63, 3.8) is 0 Å². The van der Waals surface area contributed by atoms with E-state index in [4.69, 9.17) is 0 Å². The predicted octanol–water partition coefficient (Wildman–Crippen LogP) is 5.25. The fourth-order valence-electron chi connectivity index (χ4n) is 2.33. The molecule has 0 saturated heterocycles. The van der Waals surface area contributed by atoms with Crippen molar-refractivity contribution in [2.45, 2.75) is 79.6 Å². The minimum absolute atomic E-state index is 0.770. The highest BCUT2D eigenvalue weighted by molar-refractivity contribution is 4.65. The van der Waals surface area contributed by atoms with Crippen molar-refractivity contribution in [3.8, 4) is 0 Å². The van der Waals surface area contributed by atoms with Crippen LogP contribution in [-0.4, -0.2) is 13.1 Å². The van der Waals surface area contributed by atoms with Gasteiger partial charge in [0.2, 0.25) is 0 Å². The Morgan fingerprint density at radius 3 is 1.94 bits per heavy atom. The standard InChI is InChI=1S/C17H37N/c1-6-7-8-9-10-11-12-16(4)17(5)14-18-13-15(2)3/h15-18H,6-14H2,1-5H3. The van der Waals surface area contributed by atoms with Crippen LogP contribution in [0.5, 0.6) is 0 Å². The van der Waals surface area contributed by atoms with Crippen LogP contribution < -0.4 is 5.32 Å². The summed E-state index contributed by atoms with van der Waals surface area (Å²) in [6, 6.07) is 0. The molecule has 1 heteroatoms. The van der Waals surface area contributed by atoms with Gasteiger partial charge in [-0.05, 0) is 30.8 Å². The van der Waals surface area contributed by atoms with Crippen molar-refractivity contribution in [2.24, 2.45) is 17.8 Å². The highest BCUT2D eigenvalue weighted by Gasteiger charge is 2.11. The van der Waals surface area contributed by atoms with E-state index in [1.54, 1.807) is 0 Å². The van der Waals surface area contributed by atoms with Gasteiger partial charge in [-0.15, -0.1) is 0 Å². The summed E-state index contributed by atoms with van der Waals surface area (Å²) in [4.78, 5) is 0. The Kier molecular flexibility index (Phi) is 12.0. The molecule has 18 heavy (non-hydrogen) atoms. The van der Waals surface area contributed by atoms with E-state index in [9.17, 15) is 0 Å². The van der Waals surface area contributed by atoms with E-state index in [0.717, 1.165) is 24.3 Å². The third-order valence-electron chi connectivity index (χ3n) is 4.00. The Bertz CT molecular complexity index is 165. The lowest BCUT2D eigenvalue weighted by Crippen LogP contribution is -2.28. The highest BCUT2D eigenvalue weighted by Crippen LogP contribution is 2.18. The monoisotopic (exact) mass is 255 g/mol. The van der Waals surface area contributed by atoms with Gasteiger partial charge in [0.25, 0.3) is 0 Å². The topological polar surface area (TPSA) is 12.0 Å².